The lowest BCUT2D eigenvalue weighted by atomic mass is 10.2. The monoisotopic (exact) mass is 374 g/mol. The molecule has 0 atom stereocenters. The average Bonchev–Trinajstić information content (AvgIpc) is 2.54. The molecule has 1 amide bonds. The molecule has 2 aromatic rings. The first-order chi connectivity index (χ1) is 11.3. The highest BCUT2D eigenvalue weighted by atomic mass is 35.5. The second-order valence-electron chi connectivity index (χ2n) is 4.74. The highest BCUT2D eigenvalue weighted by molar-refractivity contribution is 7.89. The van der Waals surface area contributed by atoms with Gasteiger partial charge in [-0.05, 0) is 36.4 Å². The Morgan fingerprint density at radius 1 is 1.04 bits per heavy atom. The van der Waals surface area contributed by atoms with Crippen LogP contribution in [-0.4, -0.2) is 27.4 Å². The quantitative estimate of drug-likeness (QED) is 0.762. The summed E-state index contributed by atoms with van der Waals surface area (Å²) in [7, 11) is -3.75. The van der Waals surface area contributed by atoms with Crippen molar-refractivity contribution in [3.05, 3.63) is 64.7 Å². The normalized spacial score (nSPS) is 11.3. The van der Waals surface area contributed by atoms with Gasteiger partial charge in [-0.2, -0.15) is 0 Å². The molecular formula is C15H13ClF2N2O3S. The summed E-state index contributed by atoms with van der Waals surface area (Å²) in [5.74, 6) is -2.83. The van der Waals surface area contributed by atoms with Crippen LogP contribution in [0.15, 0.2) is 47.4 Å². The molecule has 128 valence electrons. The molecule has 0 bridgehead atoms. The summed E-state index contributed by atoms with van der Waals surface area (Å²) in [5.41, 5.74) is -0.0633. The van der Waals surface area contributed by atoms with E-state index in [9.17, 15) is 22.0 Å². The van der Waals surface area contributed by atoms with Crippen LogP contribution >= 0.6 is 11.6 Å². The van der Waals surface area contributed by atoms with Gasteiger partial charge >= 0.3 is 0 Å². The fourth-order valence-electron chi connectivity index (χ4n) is 1.82. The molecule has 0 saturated heterocycles. The summed E-state index contributed by atoms with van der Waals surface area (Å²) in [6, 6.07) is 8.46. The third-order valence-electron chi connectivity index (χ3n) is 2.99. The molecular weight excluding hydrogens is 362 g/mol. The third kappa shape index (κ3) is 4.73. The molecule has 0 aliphatic heterocycles. The first-order valence-corrected chi connectivity index (χ1v) is 8.64. The smallest absolute Gasteiger partial charge is 0.251 e. The predicted molar refractivity (Wildman–Crippen MR) is 85.3 cm³/mol. The van der Waals surface area contributed by atoms with Crippen LogP contribution in [0, 0.1) is 11.6 Å². The number of nitrogens with one attached hydrogen (secondary N) is 2. The number of benzene rings is 2. The number of halogens is 3. The minimum absolute atomic E-state index is 0.00179. The number of carbonyl (C=O) groups is 1. The Hall–Kier alpha value is -2.03. The summed E-state index contributed by atoms with van der Waals surface area (Å²) in [6.07, 6.45) is 0. The van der Waals surface area contributed by atoms with Gasteiger partial charge in [0, 0.05) is 23.7 Å². The molecule has 0 heterocycles. The average molecular weight is 375 g/mol. The fraction of sp³-hybridized carbons (Fsp3) is 0.133. The molecule has 0 unspecified atom stereocenters. The van der Waals surface area contributed by atoms with Crippen molar-refractivity contribution in [2.24, 2.45) is 0 Å². The van der Waals surface area contributed by atoms with Crippen molar-refractivity contribution in [2.75, 3.05) is 13.1 Å². The molecule has 0 saturated carbocycles. The number of rotatable bonds is 6. The van der Waals surface area contributed by atoms with E-state index in [1.54, 1.807) is 6.07 Å². The Labute approximate surface area is 142 Å². The van der Waals surface area contributed by atoms with Gasteiger partial charge in [0.15, 0.2) is 11.6 Å². The van der Waals surface area contributed by atoms with Gasteiger partial charge in [-0.25, -0.2) is 21.9 Å². The van der Waals surface area contributed by atoms with Gasteiger partial charge < -0.3 is 5.32 Å². The standard InChI is InChI=1S/C15H13ClF2N2O3S/c16-11-2-1-3-12(9-11)24(22,23)20-7-6-19-15(21)10-4-5-13(17)14(18)8-10/h1-5,8-9,20H,6-7H2,(H,19,21). The van der Waals surface area contributed by atoms with E-state index in [4.69, 9.17) is 11.6 Å². The Bertz CT molecular complexity index is 860. The number of sulfonamides is 1. The van der Waals surface area contributed by atoms with Crippen molar-refractivity contribution in [3.8, 4) is 0 Å². The molecule has 0 aliphatic rings. The molecule has 0 fully saturated rings. The van der Waals surface area contributed by atoms with Crippen molar-refractivity contribution in [2.45, 2.75) is 4.90 Å². The molecule has 2 rings (SSSR count). The third-order valence-corrected chi connectivity index (χ3v) is 4.68. The minimum Gasteiger partial charge on any atom is -0.351 e. The zero-order valence-electron chi connectivity index (χ0n) is 12.2. The number of carbonyl (C=O) groups excluding carboxylic acids is 1. The van der Waals surface area contributed by atoms with Gasteiger partial charge in [0.1, 0.15) is 0 Å². The molecule has 0 aromatic heterocycles. The second-order valence-corrected chi connectivity index (χ2v) is 6.94. The molecule has 2 N–H and O–H groups in total. The Kier molecular flexibility index (Phi) is 5.87. The van der Waals surface area contributed by atoms with Crippen LogP contribution in [0.25, 0.3) is 0 Å². The molecule has 24 heavy (non-hydrogen) atoms. The second kappa shape index (κ2) is 7.69. The first-order valence-electron chi connectivity index (χ1n) is 6.78. The van der Waals surface area contributed by atoms with Gasteiger partial charge in [-0.1, -0.05) is 17.7 Å². The minimum atomic E-state index is -3.75. The van der Waals surface area contributed by atoms with Gasteiger partial charge in [0.05, 0.1) is 4.90 Å². The summed E-state index contributed by atoms with van der Waals surface area (Å²) in [6.45, 7) is -0.109. The van der Waals surface area contributed by atoms with Crippen LogP contribution in [0.1, 0.15) is 10.4 Å². The van der Waals surface area contributed by atoms with E-state index in [-0.39, 0.29) is 28.6 Å². The van der Waals surface area contributed by atoms with Crippen LogP contribution in [0.5, 0.6) is 0 Å². The van der Waals surface area contributed by atoms with E-state index in [0.717, 1.165) is 18.2 Å². The van der Waals surface area contributed by atoms with E-state index in [0.29, 0.717) is 0 Å². The lowest BCUT2D eigenvalue weighted by Crippen LogP contribution is -2.34. The fourth-order valence-corrected chi connectivity index (χ4v) is 3.15. The summed E-state index contributed by atoms with van der Waals surface area (Å²) < 4.78 is 52.2. The van der Waals surface area contributed by atoms with E-state index < -0.39 is 27.6 Å². The first kappa shape index (κ1) is 18.3. The maximum atomic E-state index is 13.0. The topological polar surface area (TPSA) is 75.3 Å². The van der Waals surface area contributed by atoms with Crippen LogP contribution in [-0.2, 0) is 10.0 Å². The van der Waals surface area contributed by atoms with Gasteiger partial charge in [0.25, 0.3) is 5.91 Å². The SMILES string of the molecule is O=C(NCCNS(=O)(=O)c1cccc(Cl)c1)c1ccc(F)c(F)c1. The molecule has 0 aliphatic carbocycles. The Morgan fingerprint density at radius 2 is 1.79 bits per heavy atom. The molecule has 9 heteroatoms. The largest absolute Gasteiger partial charge is 0.351 e. The Morgan fingerprint density at radius 3 is 2.46 bits per heavy atom. The summed E-state index contributed by atoms with van der Waals surface area (Å²) in [5, 5.41) is 2.68. The zero-order chi connectivity index (χ0) is 17.7. The lowest BCUT2D eigenvalue weighted by Gasteiger charge is -2.08. The van der Waals surface area contributed by atoms with Crippen LogP contribution in [0.3, 0.4) is 0 Å². The van der Waals surface area contributed by atoms with Crippen molar-refractivity contribution in [1.29, 1.82) is 0 Å². The summed E-state index contributed by atoms with van der Waals surface area (Å²) >= 11 is 5.74. The van der Waals surface area contributed by atoms with Crippen molar-refractivity contribution in [3.63, 3.8) is 0 Å². The van der Waals surface area contributed by atoms with Crippen LogP contribution in [0.4, 0.5) is 8.78 Å². The zero-order valence-corrected chi connectivity index (χ0v) is 13.8. The highest BCUT2D eigenvalue weighted by Crippen LogP contribution is 2.14. The lowest BCUT2D eigenvalue weighted by molar-refractivity contribution is 0.0953. The Balaban J connectivity index is 1.88. The highest BCUT2D eigenvalue weighted by Gasteiger charge is 2.14. The number of amides is 1. The predicted octanol–water partition coefficient (Wildman–Crippen LogP) is 2.33. The van der Waals surface area contributed by atoms with Gasteiger partial charge in [-0.3, -0.25) is 4.79 Å². The van der Waals surface area contributed by atoms with Gasteiger partial charge in [0.2, 0.25) is 10.0 Å². The van der Waals surface area contributed by atoms with E-state index in [1.807, 2.05) is 0 Å². The molecule has 2 aromatic carbocycles. The maximum Gasteiger partial charge on any atom is 0.251 e. The van der Waals surface area contributed by atoms with Crippen molar-refractivity contribution < 1.29 is 22.0 Å². The van der Waals surface area contributed by atoms with Crippen molar-refractivity contribution >= 4 is 27.5 Å². The molecule has 0 radical (unpaired) electrons. The van der Waals surface area contributed by atoms with Gasteiger partial charge in [-0.15, -0.1) is 0 Å². The van der Waals surface area contributed by atoms with Crippen LogP contribution in [0.2, 0.25) is 5.02 Å². The number of hydrogen-bond acceptors (Lipinski definition) is 3. The van der Waals surface area contributed by atoms with Crippen molar-refractivity contribution in [1.82, 2.24) is 10.0 Å². The van der Waals surface area contributed by atoms with Crippen LogP contribution < -0.4 is 10.0 Å². The van der Waals surface area contributed by atoms with E-state index >= 15 is 0 Å². The maximum absolute atomic E-state index is 13.0. The summed E-state index contributed by atoms with van der Waals surface area (Å²) in [4.78, 5) is 11.8. The van der Waals surface area contributed by atoms with E-state index in [1.165, 1.54) is 18.2 Å². The number of hydrogen-bond donors (Lipinski definition) is 2. The molecule has 5 nitrogen and oxygen atoms in total. The molecule has 0 spiro atoms. The van der Waals surface area contributed by atoms with E-state index in [2.05, 4.69) is 10.0 Å².